The molecule has 2 heterocycles. The van der Waals surface area contributed by atoms with Crippen molar-refractivity contribution in [3.63, 3.8) is 0 Å². The van der Waals surface area contributed by atoms with Gasteiger partial charge in [0, 0.05) is 31.5 Å². The van der Waals surface area contributed by atoms with E-state index in [1.54, 1.807) is 6.92 Å². The number of fused-ring (bicyclic) bond motifs is 3. The Balaban J connectivity index is 1.36. The number of hydrogen-bond acceptors (Lipinski definition) is 2. The summed E-state index contributed by atoms with van der Waals surface area (Å²) >= 11 is 0. The highest BCUT2D eigenvalue weighted by atomic mass is 16.2. The Labute approximate surface area is 162 Å². The van der Waals surface area contributed by atoms with Gasteiger partial charge in [0.2, 0.25) is 5.91 Å². The topological polar surface area (TPSA) is 23.6 Å². The van der Waals surface area contributed by atoms with Gasteiger partial charge < -0.3 is 4.90 Å². The van der Waals surface area contributed by atoms with E-state index in [-0.39, 0.29) is 11.3 Å². The molecule has 27 heavy (non-hydrogen) atoms. The second-order valence-electron chi connectivity index (χ2n) is 8.68. The Bertz CT molecular complexity index is 841. The number of likely N-dealkylation sites (tertiary alicyclic amines) is 1. The third-order valence-electron chi connectivity index (χ3n) is 7.19. The summed E-state index contributed by atoms with van der Waals surface area (Å²) in [6.07, 6.45) is 4.69. The monoisotopic (exact) mass is 360 g/mol. The number of rotatable bonds is 1. The van der Waals surface area contributed by atoms with Crippen LogP contribution in [0, 0.1) is 0 Å². The normalized spacial score (nSPS) is 21.9. The summed E-state index contributed by atoms with van der Waals surface area (Å²) < 4.78 is 0. The van der Waals surface area contributed by atoms with E-state index in [4.69, 9.17) is 0 Å². The predicted octanol–water partition coefficient (Wildman–Crippen LogP) is 3.55. The van der Waals surface area contributed by atoms with E-state index in [2.05, 4.69) is 58.3 Å². The minimum absolute atomic E-state index is 0.141. The molecule has 0 N–H and O–H groups in total. The van der Waals surface area contributed by atoms with Crippen molar-refractivity contribution < 1.29 is 4.79 Å². The standard InChI is InChI=1S/C24H28N2O/c1-18(27)26-16-21-8-4-5-9-23(21)24(17-26)10-12-25(13-11-24)22-14-19-6-2-3-7-20(19)15-22/h2-9,22H,10-17H2,1H3. The molecular weight excluding hydrogens is 332 g/mol. The maximum absolute atomic E-state index is 12.1. The van der Waals surface area contributed by atoms with E-state index in [1.807, 2.05) is 0 Å². The molecule has 2 aliphatic heterocycles. The van der Waals surface area contributed by atoms with Crippen molar-refractivity contribution in [3.05, 3.63) is 70.8 Å². The van der Waals surface area contributed by atoms with Crippen LogP contribution in [-0.2, 0) is 29.6 Å². The van der Waals surface area contributed by atoms with Gasteiger partial charge in [-0.25, -0.2) is 0 Å². The summed E-state index contributed by atoms with van der Waals surface area (Å²) in [7, 11) is 0. The SMILES string of the molecule is CC(=O)N1Cc2ccccc2C2(CCN(C3Cc4ccccc4C3)CC2)C1. The number of carbonyl (C=O) groups is 1. The van der Waals surface area contributed by atoms with E-state index >= 15 is 0 Å². The van der Waals surface area contributed by atoms with Crippen LogP contribution in [0.4, 0.5) is 0 Å². The van der Waals surface area contributed by atoms with Crippen LogP contribution in [0.3, 0.4) is 0 Å². The average molecular weight is 361 g/mol. The molecular formula is C24H28N2O. The van der Waals surface area contributed by atoms with Crippen molar-refractivity contribution in [2.45, 2.75) is 50.6 Å². The van der Waals surface area contributed by atoms with E-state index in [9.17, 15) is 4.79 Å². The van der Waals surface area contributed by atoms with Crippen molar-refractivity contribution in [2.24, 2.45) is 0 Å². The zero-order chi connectivity index (χ0) is 18.4. The van der Waals surface area contributed by atoms with Crippen LogP contribution >= 0.6 is 0 Å². The van der Waals surface area contributed by atoms with Crippen LogP contribution in [0.5, 0.6) is 0 Å². The molecule has 0 unspecified atom stereocenters. The fourth-order valence-corrected chi connectivity index (χ4v) is 5.65. The maximum Gasteiger partial charge on any atom is 0.219 e. The molecule has 3 aliphatic rings. The van der Waals surface area contributed by atoms with Gasteiger partial charge in [-0.3, -0.25) is 9.69 Å². The summed E-state index contributed by atoms with van der Waals surface area (Å²) in [4.78, 5) is 16.9. The molecule has 2 aromatic rings. The smallest absolute Gasteiger partial charge is 0.219 e. The number of amides is 1. The van der Waals surface area contributed by atoms with E-state index in [1.165, 1.54) is 35.1 Å². The molecule has 1 amide bonds. The Kier molecular flexibility index (Phi) is 4.08. The van der Waals surface area contributed by atoms with Crippen LogP contribution < -0.4 is 0 Å². The number of piperidine rings is 1. The summed E-state index contributed by atoms with van der Waals surface area (Å²) in [6, 6.07) is 18.4. The first-order valence-corrected chi connectivity index (χ1v) is 10.3. The first-order valence-electron chi connectivity index (χ1n) is 10.3. The predicted molar refractivity (Wildman–Crippen MR) is 108 cm³/mol. The summed E-state index contributed by atoms with van der Waals surface area (Å²) in [5.41, 5.74) is 6.06. The van der Waals surface area contributed by atoms with Gasteiger partial charge in [-0.2, -0.15) is 0 Å². The van der Waals surface area contributed by atoms with Gasteiger partial charge in [0.1, 0.15) is 0 Å². The Morgan fingerprint density at radius 3 is 2.15 bits per heavy atom. The number of hydrogen-bond donors (Lipinski definition) is 0. The number of benzene rings is 2. The zero-order valence-electron chi connectivity index (χ0n) is 16.2. The minimum atomic E-state index is 0.141. The van der Waals surface area contributed by atoms with Crippen LogP contribution in [0.25, 0.3) is 0 Å². The van der Waals surface area contributed by atoms with E-state index in [0.29, 0.717) is 6.04 Å². The van der Waals surface area contributed by atoms with E-state index < -0.39 is 0 Å². The van der Waals surface area contributed by atoms with Gasteiger partial charge in [0.05, 0.1) is 0 Å². The van der Waals surface area contributed by atoms with Crippen LogP contribution in [0.2, 0.25) is 0 Å². The lowest BCUT2D eigenvalue weighted by molar-refractivity contribution is -0.131. The first-order chi connectivity index (χ1) is 13.1. The van der Waals surface area contributed by atoms with Crippen LogP contribution in [-0.4, -0.2) is 41.4 Å². The molecule has 140 valence electrons. The zero-order valence-corrected chi connectivity index (χ0v) is 16.2. The van der Waals surface area contributed by atoms with Crippen molar-refractivity contribution in [1.29, 1.82) is 0 Å². The highest BCUT2D eigenvalue weighted by Gasteiger charge is 2.43. The highest BCUT2D eigenvalue weighted by molar-refractivity contribution is 5.74. The second kappa shape index (κ2) is 6.49. The second-order valence-corrected chi connectivity index (χ2v) is 8.68. The van der Waals surface area contributed by atoms with Gasteiger partial charge in [0.15, 0.2) is 0 Å². The quantitative estimate of drug-likeness (QED) is 0.776. The van der Waals surface area contributed by atoms with Crippen molar-refractivity contribution in [2.75, 3.05) is 19.6 Å². The lowest BCUT2D eigenvalue weighted by Crippen LogP contribution is -2.54. The Morgan fingerprint density at radius 1 is 0.926 bits per heavy atom. The lowest BCUT2D eigenvalue weighted by Gasteiger charge is -2.49. The Hall–Kier alpha value is -2.13. The molecule has 1 fully saturated rings. The third kappa shape index (κ3) is 2.89. The summed E-state index contributed by atoms with van der Waals surface area (Å²) in [5.74, 6) is 0.206. The molecule has 0 bridgehead atoms. The minimum Gasteiger partial charge on any atom is -0.338 e. The van der Waals surface area contributed by atoms with Crippen LogP contribution in [0.15, 0.2) is 48.5 Å². The number of nitrogens with zero attached hydrogens (tertiary/aromatic N) is 2. The Morgan fingerprint density at radius 2 is 1.52 bits per heavy atom. The van der Waals surface area contributed by atoms with Crippen LogP contribution in [0.1, 0.15) is 42.0 Å². The molecule has 0 radical (unpaired) electrons. The first kappa shape index (κ1) is 17.0. The lowest BCUT2D eigenvalue weighted by atomic mass is 9.68. The fourth-order valence-electron chi connectivity index (χ4n) is 5.65. The van der Waals surface area contributed by atoms with Gasteiger partial charge in [-0.1, -0.05) is 48.5 Å². The van der Waals surface area contributed by atoms with Crippen molar-refractivity contribution in [1.82, 2.24) is 9.80 Å². The van der Waals surface area contributed by atoms with E-state index in [0.717, 1.165) is 39.0 Å². The average Bonchev–Trinajstić information content (AvgIpc) is 3.13. The molecule has 3 heteroatoms. The molecule has 2 aromatic carbocycles. The summed E-state index contributed by atoms with van der Waals surface area (Å²) in [6.45, 7) is 5.65. The van der Waals surface area contributed by atoms with Gasteiger partial charge in [-0.05, 0) is 61.0 Å². The third-order valence-corrected chi connectivity index (χ3v) is 7.19. The largest absolute Gasteiger partial charge is 0.338 e. The molecule has 3 nitrogen and oxygen atoms in total. The van der Waals surface area contributed by atoms with Gasteiger partial charge >= 0.3 is 0 Å². The maximum atomic E-state index is 12.1. The fraction of sp³-hybridized carbons (Fsp3) is 0.458. The molecule has 1 saturated heterocycles. The van der Waals surface area contributed by atoms with Gasteiger partial charge in [-0.15, -0.1) is 0 Å². The van der Waals surface area contributed by atoms with Crippen molar-refractivity contribution in [3.8, 4) is 0 Å². The molecule has 0 atom stereocenters. The highest BCUT2D eigenvalue weighted by Crippen LogP contribution is 2.42. The molecule has 1 spiro atoms. The molecule has 0 saturated carbocycles. The molecule has 0 aromatic heterocycles. The number of carbonyl (C=O) groups excluding carboxylic acids is 1. The molecule has 1 aliphatic carbocycles. The van der Waals surface area contributed by atoms with Crippen molar-refractivity contribution >= 4 is 5.91 Å². The molecule has 5 rings (SSSR count). The summed E-state index contributed by atoms with van der Waals surface area (Å²) in [5, 5.41) is 0. The van der Waals surface area contributed by atoms with Gasteiger partial charge in [0.25, 0.3) is 0 Å².